The zero-order chi connectivity index (χ0) is 24.7. The fourth-order valence-corrected chi connectivity index (χ4v) is 4.04. The highest BCUT2D eigenvalue weighted by Gasteiger charge is 2.16. The van der Waals surface area contributed by atoms with E-state index in [0.29, 0.717) is 5.75 Å². The molecule has 1 aliphatic rings. The minimum Gasteiger partial charge on any atom is -0.496 e. The second-order valence-electron chi connectivity index (χ2n) is 9.06. The summed E-state index contributed by atoms with van der Waals surface area (Å²) in [6, 6.07) is 9.21. The Morgan fingerprint density at radius 3 is 2.53 bits per heavy atom. The Morgan fingerprint density at radius 2 is 1.82 bits per heavy atom. The summed E-state index contributed by atoms with van der Waals surface area (Å²) < 4.78 is 11.1. The molecule has 34 heavy (non-hydrogen) atoms. The molecule has 0 radical (unpaired) electrons. The van der Waals surface area contributed by atoms with Crippen molar-refractivity contribution in [3.63, 3.8) is 0 Å². The van der Waals surface area contributed by atoms with E-state index < -0.39 is 11.9 Å². The summed E-state index contributed by atoms with van der Waals surface area (Å²) in [5.74, 6) is 1.03. The van der Waals surface area contributed by atoms with E-state index >= 15 is 0 Å². The van der Waals surface area contributed by atoms with E-state index in [0.717, 1.165) is 35.3 Å². The first-order chi connectivity index (χ1) is 16.3. The first-order valence-corrected chi connectivity index (χ1v) is 11.8. The molecule has 1 unspecified atom stereocenters. The quantitative estimate of drug-likeness (QED) is 0.432. The lowest BCUT2D eigenvalue weighted by atomic mass is 9.92. The fraction of sp³-hybridized carbons (Fsp3) is 0.444. The summed E-state index contributed by atoms with van der Waals surface area (Å²) in [6.45, 7) is 7.60. The highest BCUT2D eigenvalue weighted by molar-refractivity contribution is 5.89. The number of rotatable bonds is 9. The van der Waals surface area contributed by atoms with Gasteiger partial charge >= 0.3 is 0 Å². The summed E-state index contributed by atoms with van der Waals surface area (Å²) in [6.07, 6.45) is 6.15. The van der Waals surface area contributed by atoms with E-state index in [4.69, 9.17) is 9.47 Å². The summed E-state index contributed by atoms with van der Waals surface area (Å²) in [7, 11) is 1.65. The van der Waals surface area contributed by atoms with Crippen LogP contribution in [0.2, 0.25) is 0 Å². The first-order valence-electron chi connectivity index (χ1n) is 11.8. The van der Waals surface area contributed by atoms with Gasteiger partial charge in [-0.25, -0.2) is 5.43 Å². The van der Waals surface area contributed by atoms with Crippen LogP contribution < -0.4 is 20.2 Å². The minimum atomic E-state index is -0.750. The summed E-state index contributed by atoms with van der Waals surface area (Å²) in [5, 5.41) is 6.72. The molecule has 0 spiro atoms. The Balaban J connectivity index is 1.49. The van der Waals surface area contributed by atoms with Gasteiger partial charge in [-0.05, 0) is 97.5 Å². The van der Waals surface area contributed by atoms with Crippen LogP contribution in [0.1, 0.15) is 67.3 Å². The van der Waals surface area contributed by atoms with E-state index in [2.05, 4.69) is 35.8 Å². The molecule has 2 N–H and O–H groups in total. The number of carbonyl (C=O) groups is 2. The van der Waals surface area contributed by atoms with Crippen molar-refractivity contribution in [2.45, 2.75) is 65.3 Å². The number of benzene rings is 2. The topological polar surface area (TPSA) is 89.0 Å². The van der Waals surface area contributed by atoms with Crippen molar-refractivity contribution in [3.05, 3.63) is 58.1 Å². The highest BCUT2D eigenvalue weighted by Crippen LogP contribution is 2.29. The van der Waals surface area contributed by atoms with Crippen LogP contribution in [0.3, 0.4) is 0 Å². The van der Waals surface area contributed by atoms with Crippen molar-refractivity contribution in [1.29, 1.82) is 0 Å². The number of nitrogens with zero attached hydrogens (tertiary/aromatic N) is 1. The maximum absolute atomic E-state index is 12.4. The largest absolute Gasteiger partial charge is 0.496 e. The van der Waals surface area contributed by atoms with Gasteiger partial charge in [-0.1, -0.05) is 19.9 Å². The van der Waals surface area contributed by atoms with Gasteiger partial charge in [-0.2, -0.15) is 5.10 Å². The van der Waals surface area contributed by atoms with Gasteiger partial charge in [0.2, 0.25) is 0 Å². The fourth-order valence-electron chi connectivity index (χ4n) is 4.04. The Hall–Kier alpha value is -3.35. The smallest absolute Gasteiger partial charge is 0.262 e. The first kappa shape index (κ1) is 25.3. The third kappa shape index (κ3) is 6.59. The number of nitrogens with one attached hydrogen (secondary N) is 2. The van der Waals surface area contributed by atoms with Crippen LogP contribution in [-0.4, -0.2) is 37.8 Å². The van der Waals surface area contributed by atoms with Crippen molar-refractivity contribution in [3.8, 4) is 11.5 Å². The number of amides is 2. The van der Waals surface area contributed by atoms with E-state index in [1.165, 1.54) is 24.0 Å². The van der Waals surface area contributed by atoms with Gasteiger partial charge in [0.25, 0.3) is 11.8 Å². The maximum Gasteiger partial charge on any atom is 0.262 e. The molecule has 182 valence electrons. The number of ether oxygens (including phenoxy) is 2. The van der Waals surface area contributed by atoms with Crippen LogP contribution in [0.15, 0.2) is 35.4 Å². The molecule has 1 aliphatic carbocycles. The number of hydrogen-bond acceptors (Lipinski definition) is 5. The number of fused-ring (bicyclic) bond motifs is 1. The summed E-state index contributed by atoms with van der Waals surface area (Å²) in [4.78, 5) is 24.6. The second kappa shape index (κ2) is 11.7. The molecule has 0 aliphatic heterocycles. The molecule has 0 saturated heterocycles. The molecule has 0 saturated carbocycles. The number of carbonyl (C=O) groups excluding carboxylic acids is 2. The molecule has 2 amide bonds. The Kier molecular flexibility index (Phi) is 8.68. The molecule has 1 atom stereocenters. The molecule has 3 rings (SSSR count). The predicted octanol–water partition coefficient (Wildman–Crippen LogP) is 4.04. The van der Waals surface area contributed by atoms with Crippen molar-refractivity contribution < 1.29 is 19.1 Å². The zero-order valence-corrected chi connectivity index (χ0v) is 20.7. The number of methoxy groups -OCH3 is 1. The molecular weight excluding hydrogens is 430 g/mol. The molecule has 0 bridgehead atoms. The SMILES string of the molecule is COc1cc(C)c(/C=N/NC(=O)C(C)NC(=O)COc2ccc3c(c2)CCCC3)cc1C(C)C. The van der Waals surface area contributed by atoms with Gasteiger partial charge < -0.3 is 14.8 Å². The van der Waals surface area contributed by atoms with E-state index in [1.54, 1.807) is 20.2 Å². The van der Waals surface area contributed by atoms with Gasteiger partial charge in [-0.15, -0.1) is 0 Å². The molecule has 2 aromatic carbocycles. The minimum absolute atomic E-state index is 0.150. The predicted molar refractivity (Wildman–Crippen MR) is 134 cm³/mol. The van der Waals surface area contributed by atoms with Crippen LogP contribution in [0.4, 0.5) is 0 Å². The third-order valence-corrected chi connectivity index (χ3v) is 6.08. The summed E-state index contributed by atoms with van der Waals surface area (Å²) >= 11 is 0. The van der Waals surface area contributed by atoms with Crippen molar-refractivity contribution in [2.75, 3.05) is 13.7 Å². The maximum atomic E-state index is 12.4. The van der Waals surface area contributed by atoms with E-state index in [-0.39, 0.29) is 18.4 Å². The number of aryl methyl sites for hydroxylation is 3. The molecule has 7 nitrogen and oxygen atoms in total. The molecule has 7 heteroatoms. The lowest BCUT2D eigenvalue weighted by molar-refractivity contribution is -0.129. The molecule has 0 fully saturated rings. The van der Waals surface area contributed by atoms with Crippen LogP contribution in [0.5, 0.6) is 11.5 Å². The third-order valence-electron chi connectivity index (χ3n) is 6.08. The molecule has 0 aromatic heterocycles. The van der Waals surface area contributed by atoms with Gasteiger partial charge in [0.1, 0.15) is 17.5 Å². The van der Waals surface area contributed by atoms with Gasteiger partial charge in [0.15, 0.2) is 6.61 Å². The Bertz CT molecular complexity index is 1060. The number of hydrogen-bond donors (Lipinski definition) is 2. The highest BCUT2D eigenvalue weighted by atomic mass is 16.5. The Morgan fingerprint density at radius 1 is 1.09 bits per heavy atom. The second-order valence-corrected chi connectivity index (χ2v) is 9.06. The Labute approximate surface area is 201 Å². The lowest BCUT2D eigenvalue weighted by Gasteiger charge is -2.17. The average molecular weight is 466 g/mol. The monoisotopic (exact) mass is 465 g/mol. The number of hydrazone groups is 1. The van der Waals surface area contributed by atoms with Crippen molar-refractivity contribution in [2.24, 2.45) is 5.10 Å². The van der Waals surface area contributed by atoms with Crippen LogP contribution >= 0.6 is 0 Å². The average Bonchev–Trinajstić information content (AvgIpc) is 2.82. The molecule has 0 heterocycles. The van der Waals surface area contributed by atoms with Crippen LogP contribution in [-0.2, 0) is 22.4 Å². The normalized spacial score (nSPS) is 13.9. The van der Waals surface area contributed by atoms with E-state index in [1.807, 2.05) is 31.2 Å². The van der Waals surface area contributed by atoms with Gasteiger partial charge in [0.05, 0.1) is 13.3 Å². The van der Waals surface area contributed by atoms with Gasteiger partial charge in [0, 0.05) is 0 Å². The molecule has 2 aromatic rings. The van der Waals surface area contributed by atoms with Gasteiger partial charge in [-0.3, -0.25) is 9.59 Å². The van der Waals surface area contributed by atoms with Crippen LogP contribution in [0.25, 0.3) is 0 Å². The lowest BCUT2D eigenvalue weighted by Crippen LogP contribution is -2.45. The van der Waals surface area contributed by atoms with Crippen LogP contribution in [0, 0.1) is 6.92 Å². The van der Waals surface area contributed by atoms with Crippen molar-refractivity contribution in [1.82, 2.24) is 10.7 Å². The standard InChI is InChI=1S/C27H35N3O4/c1-17(2)24-14-22(18(3)12-25(24)33-5)15-28-30-27(32)19(4)29-26(31)16-34-23-11-10-20-8-6-7-9-21(20)13-23/h10-15,17,19H,6-9,16H2,1-5H3,(H,29,31)(H,30,32)/b28-15+. The van der Waals surface area contributed by atoms with E-state index in [9.17, 15) is 9.59 Å². The summed E-state index contributed by atoms with van der Waals surface area (Å²) in [5.41, 5.74) is 8.09. The van der Waals surface area contributed by atoms with Crippen molar-refractivity contribution >= 4 is 18.0 Å². The zero-order valence-electron chi connectivity index (χ0n) is 20.7. The molecular formula is C27H35N3O4.